The van der Waals surface area contributed by atoms with Crippen molar-refractivity contribution in [2.24, 2.45) is 0 Å². The quantitative estimate of drug-likeness (QED) is 0.481. The molecule has 0 spiro atoms. The third-order valence-corrected chi connectivity index (χ3v) is 5.75. The monoisotopic (exact) mass is 408 g/mol. The van der Waals surface area contributed by atoms with E-state index < -0.39 is 12.3 Å². The van der Waals surface area contributed by atoms with Gasteiger partial charge in [-0.05, 0) is 37.4 Å². The first-order chi connectivity index (χ1) is 13.3. The van der Waals surface area contributed by atoms with Gasteiger partial charge in [-0.25, -0.2) is 8.78 Å². The van der Waals surface area contributed by atoms with Gasteiger partial charge < -0.3 is 9.47 Å². The minimum atomic E-state index is -3.11. The van der Waals surface area contributed by atoms with Gasteiger partial charge in [0.15, 0.2) is 17.3 Å². The summed E-state index contributed by atoms with van der Waals surface area (Å²) in [6.45, 7) is 4.15. The van der Waals surface area contributed by atoms with Crippen molar-refractivity contribution in [3.05, 3.63) is 40.5 Å². The number of aromatic nitrogens is 2. The minimum Gasteiger partial charge on any atom is -0.493 e. The van der Waals surface area contributed by atoms with Gasteiger partial charge in [-0.2, -0.15) is 5.10 Å². The first kappa shape index (κ1) is 20.3. The molecule has 0 saturated heterocycles. The van der Waals surface area contributed by atoms with Gasteiger partial charge in [0.1, 0.15) is 5.69 Å². The van der Waals surface area contributed by atoms with E-state index in [1.807, 2.05) is 6.92 Å². The Morgan fingerprint density at radius 1 is 1.18 bits per heavy atom. The highest BCUT2D eigenvalue weighted by Gasteiger charge is 2.34. The van der Waals surface area contributed by atoms with Gasteiger partial charge in [0, 0.05) is 30.2 Å². The van der Waals surface area contributed by atoms with Crippen molar-refractivity contribution >= 4 is 27.2 Å². The van der Waals surface area contributed by atoms with Crippen LogP contribution in [0.25, 0.3) is 10.1 Å². The Kier molecular flexibility index (Phi) is 5.69. The largest absolute Gasteiger partial charge is 0.493 e. The smallest absolute Gasteiger partial charge is 0.282 e. The molecule has 2 heterocycles. The number of benzene rings is 1. The average molecular weight is 408 g/mol. The van der Waals surface area contributed by atoms with E-state index in [2.05, 4.69) is 5.10 Å². The number of ether oxygens (including phenoxy) is 2. The molecule has 0 bridgehead atoms. The number of alkyl halides is 2. The molecule has 150 valence electrons. The molecule has 8 heteroatoms. The summed E-state index contributed by atoms with van der Waals surface area (Å²) in [4.78, 5) is 12.4. The molecule has 5 nitrogen and oxygen atoms in total. The molecule has 0 saturated carbocycles. The van der Waals surface area contributed by atoms with Crippen molar-refractivity contribution in [2.75, 3.05) is 14.2 Å². The zero-order chi connectivity index (χ0) is 20.5. The van der Waals surface area contributed by atoms with Crippen molar-refractivity contribution in [3.63, 3.8) is 0 Å². The maximum absolute atomic E-state index is 14.8. The number of rotatable bonds is 8. The predicted octanol–water partition coefficient (Wildman–Crippen LogP) is 5.20. The van der Waals surface area contributed by atoms with Gasteiger partial charge in [-0.3, -0.25) is 9.48 Å². The van der Waals surface area contributed by atoms with Crippen LogP contribution in [0.15, 0.2) is 24.3 Å². The van der Waals surface area contributed by atoms with Gasteiger partial charge in [0.05, 0.1) is 24.8 Å². The first-order valence-corrected chi connectivity index (χ1v) is 9.72. The molecular formula is C20H22F2N2O3S. The van der Waals surface area contributed by atoms with Crippen LogP contribution in [0.2, 0.25) is 0 Å². The van der Waals surface area contributed by atoms with E-state index in [0.717, 1.165) is 11.3 Å². The van der Waals surface area contributed by atoms with Crippen molar-refractivity contribution in [1.82, 2.24) is 9.78 Å². The summed E-state index contributed by atoms with van der Waals surface area (Å²) in [7, 11) is 3.00. The molecule has 2 aromatic heterocycles. The minimum absolute atomic E-state index is 0.0780. The number of methoxy groups -OCH3 is 2. The topological polar surface area (TPSA) is 53.4 Å². The lowest BCUT2D eigenvalue weighted by atomic mass is 10.1. The molecule has 0 atom stereocenters. The molecule has 0 fully saturated rings. The number of hydrogen-bond donors (Lipinski definition) is 0. The number of aryl methyl sites for hydroxylation is 2. The van der Waals surface area contributed by atoms with Crippen LogP contribution in [0.5, 0.6) is 11.5 Å². The normalized spacial score (nSPS) is 11.8. The first-order valence-electron chi connectivity index (χ1n) is 8.90. The Morgan fingerprint density at radius 2 is 1.86 bits per heavy atom. The molecule has 1 aromatic carbocycles. The zero-order valence-electron chi connectivity index (χ0n) is 16.2. The molecule has 0 aliphatic rings. The van der Waals surface area contributed by atoms with Crippen molar-refractivity contribution in [1.29, 1.82) is 0 Å². The fourth-order valence-electron chi connectivity index (χ4n) is 3.08. The van der Waals surface area contributed by atoms with E-state index in [0.29, 0.717) is 39.5 Å². The second-order valence-electron chi connectivity index (χ2n) is 6.47. The summed E-state index contributed by atoms with van der Waals surface area (Å²) in [6, 6.07) is 6.46. The molecule has 0 unspecified atom stereocenters. The Morgan fingerprint density at radius 3 is 2.50 bits per heavy atom. The molecule has 0 aliphatic heterocycles. The van der Waals surface area contributed by atoms with Crippen LogP contribution in [0.4, 0.5) is 8.78 Å². The van der Waals surface area contributed by atoms with E-state index in [1.165, 1.54) is 20.3 Å². The van der Waals surface area contributed by atoms with Crippen molar-refractivity contribution in [3.8, 4) is 11.5 Å². The highest BCUT2D eigenvalue weighted by molar-refractivity contribution is 7.19. The molecule has 28 heavy (non-hydrogen) atoms. The summed E-state index contributed by atoms with van der Waals surface area (Å²) in [5, 5.41) is 4.86. The number of halogens is 2. The van der Waals surface area contributed by atoms with Crippen LogP contribution in [-0.4, -0.2) is 29.8 Å². The molecule has 3 rings (SSSR count). The number of hydrogen-bond acceptors (Lipinski definition) is 5. The molecule has 0 radical (unpaired) electrons. The third kappa shape index (κ3) is 3.87. The Hall–Kier alpha value is -2.48. The van der Waals surface area contributed by atoms with E-state index >= 15 is 0 Å². The van der Waals surface area contributed by atoms with Gasteiger partial charge in [0.25, 0.3) is 5.92 Å². The SMILES string of the molecule is CCn1nc(C)cc1C(=O)CCC(F)(F)c1cc2cc(OC)c(OC)cc2s1. The molecule has 0 aliphatic carbocycles. The Bertz CT molecular complexity index is 969. The van der Waals surface area contributed by atoms with Gasteiger partial charge >= 0.3 is 0 Å². The van der Waals surface area contributed by atoms with Gasteiger partial charge in [-0.15, -0.1) is 11.3 Å². The number of carbonyl (C=O) groups is 1. The maximum atomic E-state index is 14.8. The average Bonchev–Trinajstić information content (AvgIpc) is 3.27. The van der Waals surface area contributed by atoms with Crippen LogP contribution in [0.3, 0.4) is 0 Å². The second-order valence-corrected chi connectivity index (χ2v) is 7.55. The van der Waals surface area contributed by atoms with Crippen LogP contribution in [-0.2, 0) is 12.5 Å². The third-order valence-electron chi connectivity index (χ3n) is 4.54. The summed E-state index contributed by atoms with van der Waals surface area (Å²) in [5.74, 6) is -2.45. The number of ketones is 1. The molecule has 3 aromatic rings. The van der Waals surface area contributed by atoms with E-state index in [4.69, 9.17) is 9.47 Å². The number of nitrogens with zero attached hydrogens (tertiary/aromatic N) is 2. The lowest BCUT2D eigenvalue weighted by Crippen LogP contribution is -2.16. The van der Waals surface area contributed by atoms with Gasteiger partial charge in [0.2, 0.25) is 0 Å². The van der Waals surface area contributed by atoms with Crippen LogP contribution in [0, 0.1) is 6.92 Å². The van der Waals surface area contributed by atoms with Crippen LogP contribution >= 0.6 is 11.3 Å². The van der Waals surface area contributed by atoms with Crippen molar-refractivity contribution < 1.29 is 23.0 Å². The number of Topliss-reactive ketones (excluding diaryl/α,β-unsaturated/α-hetero) is 1. The predicted molar refractivity (Wildman–Crippen MR) is 105 cm³/mol. The van der Waals surface area contributed by atoms with E-state index in [-0.39, 0.29) is 17.1 Å². The fraction of sp³-hybridized carbons (Fsp3) is 0.400. The summed E-state index contributed by atoms with van der Waals surface area (Å²) in [6.07, 6.45) is -0.806. The summed E-state index contributed by atoms with van der Waals surface area (Å²) in [5.41, 5.74) is 1.07. The van der Waals surface area contributed by atoms with E-state index in [1.54, 1.807) is 29.8 Å². The highest BCUT2D eigenvalue weighted by Crippen LogP contribution is 2.43. The maximum Gasteiger partial charge on any atom is 0.282 e. The highest BCUT2D eigenvalue weighted by atomic mass is 32.1. The van der Waals surface area contributed by atoms with Crippen LogP contribution in [0.1, 0.15) is 40.8 Å². The number of carbonyl (C=O) groups excluding carboxylic acids is 1. The second kappa shape index (κ2) is 7.87. The zero-order valence-corrected chi connectivity index (χ0v) is 17.0. The number of fused-ring (bicyclic) bond motifs is 1. The molecule has 0 N–H and O–H groups in total. The Balaban J connectivity index is 1.81. The van der Waals surface area contributed by atoms with Crippen molar-refractivity contribution in [2.45, 2.75) is 39.2 Å². The summed E-state index contributed by atoms with van der Waals surface area (Å²) < 4.78 is 42.3. The summed E-state index contributed by atoms with van der Waals surface area (Å²) >= 11 is 0.998. The lowest BCUT2D eigenvalue weighted by Gasteiger charge is -2.14. The van der Waals surface area contributed by atoms with Crippen LogP contribution < -0.4 is 9.47 Å². The lowest BCUT2D eigenvalue weighted by molar-refractivity contribution is -0.0103. The van der Waals surface area contributed by atoms with E-state index in [9.17, 15) is 13.6 Å². The molecular weight excluding hydrogens is 386 g/mol. The molecule has 0 amide bonds. The van der Waals surface area contributed by atoms with Gasteiger partial charge in [-0.1, -0.05) is 0 Å². The number of thiophene rings is 1. The fourth-order valence-corrected chi connectivity index (χ4v) is 4.16. The Labute approximate surface area is 165 Å². The standard InChI is InChI=1S/C20H22F2N2O3S/c1-5-24-14(8-12(2)23-24)15(25)6-7-20(21,22)19-10-13-9-16(26-3)17(27-4)11-18(13)28-19/h8-11H,5-7H2,1-4H3.